The summed E-state index contributed by atoms with van der Waals surface area (Å²) in [5, 5.41) is 2.31. The molecule has 0 spiro atoms. The fourth-order valence-corrected chi connectivity index (χ4v) is 6.20. The van der Waals surface area contributed by atoms with Gasteiger partial charge in [0.2, 0.25) is 0 Å². The third-order valence-corrected chi connectivity index (χ3v) is 8.52. The molecule has 0 atom stereocenters. The number of thiazole rings is 1. The molecule has 2 fully saturated rings. The zero-order valence-electron chi connectivity index (χ0n) is 18.9. The zero-order valence-corrected chi connectivity index (χ0v) is 20.6. The fraction of sp³-hybridized carbons (Fsp3) is 0.375. The summed E-state index contributed by atoms with van der Waals surface area (Å²) in [6.07, 6.45) is -2.74. The number of carbonyl (C=O) groups excluding carboxylic acids is 2. The van der Waals surface area contributed by atoms with Crippen LogP contribution in [0.2, 0.25) is 0 Å². The van der Waals surface area contributed by atoms with Gasteiger partial charge < -0.3 is 9.80 Å². The molecule has 0 unspecified atom stereocenters. The highest BCUT2D eigenvalue weighted by Gasteiger charge is 2.38. The minimum absolute atomic E-state index is 0.0259. The third-order valence-electron chi connectivity index (χ3n) is 6.49. The molecule has 35 heavy (non-hydrogen) atoms. The van der Waals surface area contributed by atoms with Crippen LogP contribution in [0.15, 0.2) is 41.9 Å². The van der Waals surface area contributed by atoms with Crippen LogP contribution in [-0.4, -0.2) is 76.8 Å². The van der Waals surface area contributed by atoms with Crippen LogP contribution >= 0.6 is 22.7 Å². The van der Waals surface area contributed by atoms with Gasteiger partial charge in [0.15, 0.2) is 5.01 Å². The van der Waals surface area contributed by atoms with E-state index in [1.54, 1.807) is 16.5 Å². The van der Waals surface area contributed by atoms with E-state index < -0.39 is 11.7 Å². The summed E-state index contributed by atoms with van der Waals surface area (Å²) < 4.78 is 38.6. The Balaban J connectivity index is 1.16. The summed E-state index contributed by atoms with van der Waals surface area (Å²) in [6, 6.07) is 7.13. The molecule has 3 aromatic rings. The van der Waals surface area contributed by atoms with Gasteiger partial charge in [-0.3, -0.25) is 14.5 Å². The Bertz CT molecular complexity index is 1210. The van der Waals surface area contributed by atoms with Crippen LogP contribution in [0.5, 0.6) is 0 Å². The number of aromatic nitrogens is 1. The van der Waals surface area contributed by atoms with Gasteiger partial charge in [-0.2, -0.15) is 13.2 Å². The van der Waals surface area contributed by atoms with Crippen molar-refractivity contribution in [3.63, 3.8) is 0 Å². The minimum atomic E-state index is -4.37. The highest BCUT2D eigenvalue weighted by Crippen LogP contribution is 2.36. The van der Waals surface area contributed by atoms with E-state index in [-0.39, 0.29) is 17.9 Å². The first-order valence-electron chi connectivity index (χ1n) is 11.2. The molecule has 0 saturated carbocycles. The number of amides is 2. The van der Waals surface area contributed by atoms with Gasteiger partial charge >= 0.3 is 6.18 Å². The second-order valence-corrected chi connectivity index (χ2v) is 10.7. The first kappa shape index (κ1) is 24.0. The van der Waals surface area contributed by atoms with Gasteiger partial charge in [0.25, 0.3) is 11.8 Å². The smallest absolute Gasteiger partial charge is 0.335 e. The molecular weight excluding hydrogens is 497 g/mol. The number of halogens is 3. The van der Waals surface area contributed by atoms with Crippen molar-refractivity contribution in [1.29, 1.82) is 0 Å². The topological polar surface area (TPSA) is 56.8 Å². The van der Waals surface area contributed by atoms with Crippen molar-refractivity contribution in [2.45, 2.75) is 19.1 Å². The van der Waals surface area contributed by atoms with E-state index >= 15 is 0 Å². The zero-order chi connectivity index (χ0) is 24.7. The molecule has 184 valence electrons. The number of likely N-dealkylation sites (tertiary alicyclic amines) is 1. The molecule has 5 rings (SSSR count). The van der Waals surface area contributed by atoms with Gasteiger partial charge in [0.1, 0.15) is 0 Å². The standard InChI is InChI=1S/C24H23F3N4O2S2/c1-15-12-19(35-20(15)16-2-4-17(5-3-16)24(25,26)27)22(32)31-13-18(14-31)29-7-9-30(10-8-29)23(33)21-28-6-11-34-21/h2-6,11-12,18H,7-10,13-14H2,1H3. The highest BCUT2D eigenvalue weighted by molar-refractivity contribution is 7.17. The second kappa shape index (κ2) is 9.36. The number of aryl methyl sites for hydroxylation is 1. The maximum absolute atomic E-state index is 13.0. The molecule has 0 bridgehead atoms. The summed E-state index contributed by atoms with van der Waals surface area (Å²) in [5.74, 6) is -0.0768. The maximum Gasteiger partial charge on any atom is 0.416 e. The summed E-state index contributed by atoms with van der Waals surface area (Å²) >= 11 is 2.66. The molecule has 0 N–H and O–H groups in total. The summed E-state index contributed by atoms with van der Waals surface area (Å²) in [4.78, 5) is 36.9. The van der Waals surface area contributed by atoms with Crippen molar-refractivity contribution in [1.82, 2.24) is 19.7 Å². The Morgan fingerprint density at radius 1 is 1.00 bits per heavy atom. The van der Waals surface area contributed by atoms with Crippen LogP contribution in [0.3, 0.4) is 0 Å². The van der Waals surface area contributed by atoms with E-state index in [2.05, 4.69) is 9.88 Å². The van der Waals surface area contributed by atoms with Crippen LogP contribution in [0.4, 0.5) is 13.2 Å². The van der Waals surface area contributed by atoms with Gasteiger partial charge in [-0.1, -0.05) is 12.1 Å². The number of nitrogens with zero attached hydrogens (tertiary/aromatic N) is 4. The predicted octanol–water partition coefficient (Wildman–Crippen LogP) is 4.48. The van der Waals surface area contributed by atoms with Crippen molar-refractivity contribution in [2.75, 3.05) is 39.3 Å². The normalized spacial score (nSPS) is 17.5. The summed E-state index contributed by atoms with van der Waals surface area (Å²) in [6.45, 7) is 5.94. The van der Waals surface area contributed by atoms with E-state index in [1.165, 1.54) is 34.8 Å². The fourth-order valence-electron chi connectivity index (χ4n) is 4.45. The minimum Gasteiger partial charge on any atom is -0.335 e. The van der Waals surface area contributed by atoms with Gasteiger partial charge in [0, 0.05) is 61.8 Å². The van der Waals surface area contributed by atoms with E-state index in [0.717, 1.165) is 35.7 Å². The summed E-state index contributed by atoms with van der Waals surface area (Å²) in [7, 11) is 0. The van der Waals surface area contributed by atoms with E-state index in [9.17, 15) is 22.8 Å². The number of hydrogen-bond acceptors (Lipinski definition) is 6. The van der Waals surface area contributed by atoms with Crippen molar-refractivity contribution in [2.24, 2.45) is 0 Å². The number of rotatable bonds is 4. The average molecular weight is 521 g/mol. The first-order valence-corrected chi connectivity index (χ1v) is 12.9. The largest absolute Gasteiger partial charge is 0.416 e. The molecule has 6 nitrogen and oxygen atoms in total. The molecule has 4 heterocycles. The molecule has 1 aromatic carbocycles. The van der Waals surface area contributed by atoms with Gasteiger partial charge in [-0.05, 0) is 36.2 Å². The number of hydrogen-bond donors (Lipinski definition) is 0. The lowest BCUT2D eigenvalue weighted by atomic mass is 10.0. The number of carbonyl (C=O) groups is 2. The molecule has 2 amide bonds. The van der Waals surface area contributed by atoms with Gasteiger partial charge in [-0.15, -0.1) is 22.7 Å². The van der Waals surface area contributed by atoms with E-state index in [4.69, 9.17) is 0 Å². The van der Waals surface area contributed by atoms with E-state index in [1.807, 2.05) is 17.9 Å². The van der Waals surface area contributed by atoms with E-state index in [0.29, 0.717) is 41.6 Å². The van der Waals surface area contributed by atoms with Crippen LogP contribution in [0.25, 0.3) is 10.4 Å². The monoisotopic (exact) mass is 520 g/mol. The maximum atomic E-state index is 13.0. The van der Waals surface area contributed by atoms with Crippen molar-refractivity contribution < 1.29 is 22.8 Å². The Morgan fingerprint density at radius 3 is 2.29 bits per heavy atom. The number of thiophene rings is 1. The van der Waals surface area contributed by atoms with Crippen molar-refractivity contribution in [3.05, 3.63) is 62.9 Å². The Hall–Kier alpha value is -2.76. The van der Waals surface area contributed by atoms with Gasteiger partial charge in [-0.25, -0.2) is 4.98 Å². The Kier molecular flexibility index (Phi) is 6.41. The molecule has 2 aromatic heterocycles. The molecule has 2 aliphatic heterocycles. The molecule has 2 aliphatic rings. The first-order chi connectivity index (χ1) is 16.7. The predicted molar refractivity (Wildman–Crippen MR) is 129 cm³/mol. The number of benzene rings is 1. The van der Waals surface area contributed by atoms with Crippen LogP contribution < -0.4 is 0 Å². The lowest BCUT2D eigenvalue weighted by Crippen LogP contribution is -2.64. The quantitative estimate of drug-likeness (QED) is 0.509. The number of alkyl halides is 3. The van der Waals surface area contributed by atoms with Crippen LogP contribution in [0, 0.1) is 6.92 Å². The second-order valence-electron chi connectivity index (χ2n) is 8.73. The lowest BCUT2D eigenvalue weighted by molar-refractivity contribution is -0.137. The SMILES string of the molecule is Cc1cc(C(=O)N2CC(N3CCN(C(=O)c4nccs4)CC3)C2)sc1-c1ccc(C(F)(F)F)cc1. The highest BCUT2D eigenvalue weighted by atomic mass is 32.1. The molecule has 2 saturated heterocycles. The third kappa shape index (κ3) is 4.85. The van der Waals surface area contributed by atoms with Crippen molar-refractivity contribution >= 4 is 34.5 Å². The van der Waals surface area contributed by atoms with Crippen molar-refractivity contribution in [3.8, 4) is 10.4 Å². The lowest BCUT2D eigenvalue weighted by Gasteiger charge is -2.47. The Morgan fingerprint density at radius 2 is 1.69 bits per heavy atom. The van der Waals surface area contributed by atoms with Gasteiger partial charge in [0.05, 0.1) is 10.4 Å². The summed E-state index contributed by atoms with van der Waals surface area (Å²) in [5.41, 5.74) is 0.856. The Labute approximate surface area is 208 Å². The molecule has 0 radical (unpaired) electrons. The number of piperazine rings is 1. The van der Waals surface area contributed by atoms with Crippen LogP contribution in [0.1, 0.15) is 30.6 Å². The average Bonchev–Trinajstić information content (AvgIpc) is 3.48. The molecule has 11 heteroatoms. The molecular formula is C24H23F3N4O2S2. The molecule has 0 aliphatic carbocycles. The van der Waals surface area contributed by atoms with Crippen LogP contribution in [-0.2, 0) is 6.18 Å².